The first-order valence-electron chi connectivity index (χ1n) is 8.60. The third kappa shape index (κ3) is 4.14. The van der Waals surface area contributed by atoms with Crippen molar-refractivity contribution in [1.29, 1.82) is 0 Å². The lowest BCUT2D eigenvalue weighted by atomic mass is 10.1. The van der Waals surface area contributed by atoms with Crippen LogP contribution in [-0.2, 0) is 11.3 Å². The SMILES string of the molecule is COc1ccc2ccc(O[C@H](C)C(=O)N(C)Cc3ccccc3)cc2c1. The van der Waals surface area contributed by atoms with Crippen LogP contribution < -0.4 is 9.47 Å². The predicted octanol–water partition coefficient (Wildman–Crippen LogP) is 4.27. The van der Waals surface area contributed by atoms with Crippen molar-refractivity contribution in [3.05, 3.63) is 72.3 Å². The molecule has 0 aliphatic rings. The summed E-state index contributed by atoms with van der Waals surface area (Å²) in [6, 6.07) is 21.6. The Labute approximate surface area is 154 Å². The summed E-state index contributed by atoms with van der Waals surface area (Å²) in [5.74, 6) is 1.40. The van der Waals surface area contributed by atoms with E-state index in [1.807, 2.05) is 66.7 Å². The number of likely N-dealkylation sites (N-methyl/N-ethyl adjacent to an activating group) is 1. The third-order valence-electron chi connectivity index (χ3n) is 4.32. The lowest BCUT2D eigenvalue weighted by molar-refractivity contribution is -0.137. The zero-order valence-corrected chi connectivity index (χ0v) is 15.3. The van der Waals surface area contributed by atoms with Crippen LogP contribution in [0, 0.1) is 0 Å². The summed E-state index contributed by atoms with van der Waals surface area (Å²) in [5, 5.41) is 2.11. The molecule has 4 heteroatoms. The standard InChI is InChI=1S/C22H23NO3/c1-16(22(24)23(2)15-17-7-5-4-6-8-17)26-21-12-10-18-9-11-20(25-3)13-19(18)14-21/h4-14,16H,15H2,1-3H3/t16-/m1/s1. The van der Waals surface area contributed by atoms with Gasteiger partial charge in [-0.3, -0.25) is 4.79 Å². The zero-order chi connectivity index (χ0) is 18.5. The van der Waals surface area contributed by atoms with Gasteiger partial charge in [-0.25, -0.2) is 0 Å². The van der Waals surface area contributed by atoms with Gasteiger partial charge in [0.15, 0.2) is 6.10 Å². The first kappa shape index (κ1) is 17.8. The molecular weight excluding hydrogens is 326 g/mol. The van der Waals surface area contributed by atoms with Gasteiger partial charge in [0.05, 0.1) is 7.11 Å². The number of carbonyl (C=O) groups excluding carboxylic acids is 1. The number of rotatable bonds is 6. The van der Waals surface area contributed by atoms with Gasteiger partial charge < -0.3 is 14.4 Å². The highest BCUT2D eigenvalue weighted by atomic mass is 16.5. The number of hydrogen-bond donors (Lipinski definition) is 0. The van der Waals surface area contributed by atoms with E-state index in [1.54, 1.807) is 26.0 Å². The fourth-order valence-electron chi connectivity index (χ4n) is 2.90. The molecule has 0 spiro atoms. The van der Waals surface area contributed by atoms with Gasteiger partial charge in [0.1, 0.15) is 11.5 Å². The predicted molar refractivity (Wildman–Crippen MR) is 104 cm³/mol. The summed E-state index contributed by atoms with van der Waals surface area (Å²) in [4.78, 5) is 14.3. The van der Waals surface area contributed by atoms with E-state index < -0.39 is 6.10 Å². The molecule has 0 saturated heterocycles. The van der Waals surface area contributed by atoms with E-state index in [2.05, 4.69) is 0 Å². The van der Waals surface area contributed by atoms with E-state index in [0.29, 0.717) is 12.3 Å². The van der Waals surface area contributed by atoms with Crippen LogP contribution in [0.25, 0.3) is 10.8 Å². The summed E-state index contributed by atoms with van der Waals surface area (Å²) < 4.78 is 11.2. The molecule has 0 bridgehead atoms. The van der Waals surface area contributed by atoms with E-state index in [4.69, 9.17) is 9.47 Å². The van der Waals surface area contributed by atoms with E-state index in [-0.39, 0.29) is 5.91 Å². The fourth-order valence-corrected chi connectivity index (χ4v) is 2.90. The Morgan fingerprint density at radius 1 is 0.962 bits per heavy atom. The highest BCUT2D eigenvalue weighted by Gasteiger charge is 2.19. The van der Waals surface area contributed by atoms with Crippen LogP contribution in [0.1, 0.15) is 12.5 Å². The van der Waals surface area contributed by atoms with Crippen LogP contribution in [0.15, 0.2) is 66.7 Å². The van der Waals surface area contributed by atoms with Gasteiger partial charge in [0, 0.05) is 13.6 Å². The number of ether oxygens (including phenoxy) is 2. The van der Waals surface area contributed by atoms with Gasteiger partial charge >= 0.3 is 0 Å². The number of carbonyl (C=O) groups is 1. The van der Waals surface area contributed by atoms with Gasteiger partial charge in [-0.05, 0) is 47.5 Å². The molecular formula is C22H23NO3. The molecule has 3 aromatic carbocycles. The maximum Gasteiger partial charge on any atom is 0.263 e. The second-order valence-corrected chi connectivity index (χ2v) is 6.31. The molecule has 0 saturated carbocycles. The number of hydrogen-bond acceptors (Lipinski definition) is 3. The molecule has 134 valence electrons. The minimum Gasteiger partial charge on any atom is -0.497 e. The van der Waals surface area contributed by atoms with Crippen LogP contribution in [0.4, 0.5) is 0 Å². The smallest absolute Gasteiger partial charge is 0.263 e. The molecule has 4 nitrogen and oxygen atoms in total. The molecule has 0 aromatic heterocycles. The van der Waals surface area contributed by atoms with E-state index in [0.717, 1.165) is 22.1 Å². The van der Waals surface area contributed by atoms with Crippen LogP contribution in [-0.4, -0.2) is 31.1 Å². The molecule has 0 N–H and O–H groups in total. The van der Waals surface area contributed by atoms with Crippen molar-refractivity contribution >= 4 is 16.7 Å². The Morgan fingerprint density at radius 3 is 2.31 bits per heavy atom. The van der Waals surface area contributed by atoms with Crippen molar-refractivity contribution < 1.29 is 14.3 Å². The van der Waals surface area contributed by atoms with Gasteiger partial charge in [-0.15, -0.1) is 0 Å². The molecule has 0 unspecified atom stereocenters. The Hall–Kier alpha value is -3.01. The maximum absolute atomic E-state index is 12.6. The number of fused-ring (bicyclic) bond motifs is 1. The highest BCUT2D eigenvalue weighted by Crippen LogP contribution is 2.25. The minimum absolute atomic E-state index is 0.0559. The second kappa shape index (κ2) is 7.91. The first-order chi connectivity index (χ1) is 12.6. The molecule has 0 radical (unpaired) electrons. The summed E-state index contributed by atoms with van der Waals surface area (Å²) in [6.45, 7) is 2.34. The lowest BCUT2D eigenvalue weighted by Gasteiger charge is -2.22. The molecule has 1 amide bonds. The fraction of sp³-hybridized carbons (Fsp3) is 0.227. The van der Waals surface area contributed by atoms with Crippen LogP contribution in [0.3, 0.4) is 0 Å². The molecule has 0 fully saturated rings. The van der Waals surface area contributed by atoms with E-state index >= 15 is 0 Å². The van der Waals surface area contributed by atoms with Gasteiger partial charge in [0.25, 0.3) is 5.91 Å². The van der Waals surface area contributed by atoms with Gasteiger partial charge in [0.2, 0.25) is 0 Å². The lowest BCUT2D eigenvalue weighted by Crippen LogP contribution is -2.37. The maximum atomic E-state index is 12.6. The molecule has 26 heavy (non-hydrogen) atoms. The van der Waals surface area contributed by atoms with E-state index in [9.17, 15) is 4.79 Å². The normalized spacial score (nSPS) is 11.8. The highest BCUT2D eigenvalue weighted by molar-refractivity contribution is 5.85. The largest absolute Gasteiger partial charge is 0.497 e. The summed E-state index contributed by atoms with van der Waals surface area (Å²) in [6.07, 6.45) is -0.563. The Morgan fingerprint density at radius 2 is 1.62 bits per heavy atom. The van der Waals surface area contributed by atoms with Crippen LogP contribution in [0.5, 0.6) is 11.5 Å². The Kier molecular flexibility index (Phi) is 5.42. The van der Waals surface area contributed by atoms with Crippen molar-refractivity contribution in [3.8, 4) is 11.5 Å². The molecule has 0 heterocycles. The van der Waals surface area contributed by atoms with Crippen LogP contribution in [0.2, 0.25) is 0 Å². The second-order valence-electron chi connectivity index (χ2n) is 6.31. The molecule has 0 aliphatic heterocycles. The van der Waals surface area contributed by atoms with Crippen molar-refractivity contribution in [1.82, 2.24) is 4.90 Å². The topological polar surface area (TPSA) is 38.8 Å². The van der Waals surface area contributed by atoms with Crippen molar-refractivity contribution in [3.63, 3.8) is 0 Å². The number of benzene rings is 3. The Bertz CT molecular complexity index is 892. The third-order valence-corrected chi connectivity index (χ3v) is 4.32. The first-order valence-corrected chi connectivity index (χ1v) is 8.60. The monoisotopic (exact) mass is 349 g/mol. The molecule has 3 rings (SSSR count). The molecule has 0 aliphatic carbocycles. The average Bonchev–Trinajstić information content (AvgIpc) is 2.67. The number of methoxy groups -OCH3 is 1. The van der Waals surface area contributed by atoms with Crippen LogP contribution >= 0.6 is 0 Å². The molecule has 3 aromatic rings. The van der Waals surface area contributed by atoms with Crippen molar-refractivity contribution in [2.45, 2.75) is 19.6 Å². The van der Waals surface area contributed by atoms with Crippen molar-refractivity contribution in [2.75, 3.05) is 14.2 Å². The number of nitrogens with zero attached hydrogens (tertiary/aromatic N) is 1. The minimum atomic E-state index is -0.563. The average molecular weight is 349 g/mol. The Balaban J connectivity index is 1.69. The summed E-state index contributed by atoms with van der Waals surface area (Å²) >= 11 is 0. The summed E-state index contributed by atoms with van der Waals surface area (Å²) in [7, 11) is 3.44. The van der Waals surface area contributed by atoms with Gasteiger partial charge in [-0.1, -0.05) is 42.5 Å². The number of amides is 1. The zero-order valence-electron chi connectivity index (χ0n) is 15.3. The van der Waals surface area contributed by atoms with Crippen molar-refractivity contribution in [2.24, 2.45) is 0 Å². The summed E-state index contributed by atoms with van der Waals surface area (Å²) in [5.41, 5.74) is 1.09. The van der Waals surface area contributed by atoms with E-state index in [1.165, 1.54) is 0 Å². The quantitative estimate of drug-likeness (QED) is 0.667. The van der Waals surface area contributed by atoms with Gasteiger partial charge in [-0.2, -0.15) is 0 Å². The molecule has 1 atom stereocenters.